The average molecular weight is 422 g/mol. The first-order valence-corrected chi connectivity index (χ1v) is 10.2. The average Bonchev–Trinajstić information content (AvgIpc) is 3.43. The van der Waals surface area contributed by atoms with Crippen molar-refractivity contribution in [1.29, 1.82) is 0 Å². The van der Waals surface area contributed by atoms with Crippen LogP contribution in [0.25, 0.3) is 11.4 Å². The van der Waals surface area contributed by atoms with E-state index in [0.717, 1.165) is 5.56 Å². The molecule has 0 radical (unpaired) electrons. The third kappa shape index (κ3) is 4.79. The van der Waals surface area contributed by atoms with E-state index in [1.54, 1.807) is 19.2 Å². The highest BCUT2D eigenvalue weighted by Crippen LogP contribution is 2.38. The maximum absolute atomic E-state index is 13.1. The van der Waals surface area contributed by atoms with Crippen molar-refractivity contribution in [2.24, 2.45) is 5.92 Å². The molecule has 0 saturated heterocycles. The van der Waals surface area contributed by atoms with Crippen LogP contribution in [0, 0.1) is 11.7 Å². The normalized spacial score (nSPS) is 20.4. The third-order valence-corrected chi connectivity index (χ3v) is 5.60. The van der Waals surface area contributed by atoms with E-state index in [-0.39, 0.29) is 41.9 Å². The highest BCUT2D eigenvalue weighted by atomic mass is 19.1. The lowest BCUT2D eigenvalue weighted by Gasteiger charge is -2.18. The predicted octanol–water partition coefficient (Wildman–Crippen LogP) is 2.84. The Balaban J connectivity index is 1.51. The highest BCUT2D eigenvalue weighted by Gasteiger charge is 2.42. The summed E-state index contributed by atoms with van der Waals surface area (Å²) in [6.45, 7) is 0. The Labute approximate surface area is 179 Å². The molecule has 1 aliphatic carbocycles. The second-order valence-electron chi connectivity index (χ2n) is 7.69. The molecule has 0 spiro atoms. The van der Waals surface area contributed by atoms with E-state index in [1.165, 1.54) is 12.1 Å². The third-order valence-electron chi connectivity index (χ3n) is 5.60. The summed E-state index contributed by atoms with van der Waals surface area (Å²) in [4.78, 5) is 29.4. The maximum atomic E-state index is 13.1. The molecule has 8 heteroatoms. The van der Waals surface area contributed by atoms with Gasteiger partial charge in [0.2, 0.25) is 23.5 Å². The first-order chi connectivity index (χ1) is 15.0. The van der Waals surface area contributed by atoms with Crippen LogP contribution in [0.1, 0.15) is 30.2 Å². The van der Waals surface area contributed by atoms with Crippen LogP contribution in [0.3, 0.4) is 0 Å². The lowest BCUT2D eigenvalue weighted by molar-refractivity contribution is -0.125. The number of benzene rings is 2. The second-order valence-corrected chi connectivity index (χ2v) is 7.69. The van der Waals surface area contributed by atoms with Crippen molar-refractivity contribution in [3.05, 3.63) is 71.9 Å². The van der Waals surface area contributed by atoms with E-state index in [9.17, 15) is 14.0 Å². The fourth-order valence-corrected chi connectivity index (χ4v) is 4.02. The summed E-state index contributed by atoms with van der Waals surface area (Å²) in [6, 6.07) is 15.0. The first-order valence-electron chi connectivity index (χ1n) is 10.2. The number of nitrogens with one attached hydrogen (secondary N) is 2. The molecular formula is C23H23FN4O3. The number of nitrogens with zero attached hydrogens (tertiary/aromatic N) is 2. The molecule has 1 fully saturated rings. The Hall–Kier alpha value is -3.55. The van der Waals surface area contributed by atoms with Crippen LogP contribution in [-0.4, -0.2) is 35.0 Å². The lowest BCUT2D eigenvalue weighted by Crippen LogP contribution is -2.38. The first kappa shape index (κ1) is 20.7. The fourth-order valence-electron chi connectivity index (χ4n) is 4.02. The molecule has 0 bridgehead atoms. The molecule has 7 nitrogen and oxygen atoms in total. The van der Waals surface area contributed by atoms with Crippen molar-refractivity contribution in [2.75, 3.05) is 7.05 Å². The van der Waals surface area contributed by atoms with Gasteiger partial charge in [-0.2, -0.15) is 4.98 Å². The minimum absolute atomic E-state index is 0.0805. The van der Waals surface area contributed by atoms with Crippen LogP contribution in [0.2, 0.25) is 0 Å². The monoisotopic (exact) mass is 422 g/mol. The van der Waals surface area contributed by atoms with Gasteiger partial charge in [-0.05, 0) is 30.5 Å². The Morgan fingerprint density at radius 3 is 2.55 bits per heavy atom. The number of halogens is 1. The van der Waals surface area contributed by atoms with Gasteiger partial charge in [0.1, 0.15) is 5.82 Å². The van der Waals surface area contributed by atoms with Gasteiger partial charge in [0, 0.05) is 24.6 Å². The Morgan fingerprint density at radius 1 is 1.10 bits per heavy atom. The van der Waals surface area contributed by atoms with Crippen molar-refractivity contribution in [3.63, 3.8) is 0 Å². The SMILES string of the molecule is CNC(=O)[C@H]1C[C@H](NC(=O)Cc2ccc(F)cc2)[C@H](c2nc(-c3ccccc3)no2)C1. The Bertz CT molecular complexity index is 1050. The predicted molar refractivity (Wildman–Crippen MR) is 111 cm³/mol. The molecule has 160 valence electrons. The fraction of sp³-hybridized carbons (Fsp3) is 0.304. The van der Waals surface area contributed by atoms with Crippen LogP contribution in [-0.2, 0) is 16.0 Å². The van der Waals surface area contributed by atoms with Crippen LogP contribution in [0.4, 0.5) is 4.39 Å². The van der Waals surface area contributed by atoms with Crippen molar-refractivity contribution >= 4 is 11.8 Å². The van der Waals surface area contributed by atoms with Gasteiger partial charge in [0.15, 0.2) is 0 Å². The zero-order valence-electron chi connectivity index (χ0n) is 17.0. The molecule has 4 rings (SSSR count). The molecule has 0 aliphatic heterocycles. The van der Waals surface area contributed by atoms with E-state index in [4.69, 9.17) is 4.52 Å². The smallest absolute Gasteiger partial charge is 0.232 e. The summed E-state index contributed by atoms with van der Waals surface area (Å²) in [5.41, 5.74) is 1.54. The highest BCUT2D eigenvalue weighted by molar-refractivity contribution is 5.81. The molecule has 1 aromatic heterocycles. The Kier molecular flexibility index (Phi) is 6.06. The van der Waals surface area contributed by atoms with Crippen LogP contribution in [0.15, 0.2) is 59.1 Å². The number of carbonyl (C=O) groups excluding carboxylic acids is 2. The van der Waals surface area contributed by atoms with Crippen molar-refractivity contribution in [1.82, 2.24) is 20.8 Å². The van der Waals surface area contributed by atoms with Crippen LogP contribution >= 0.6 is 0 Å². The van der Waals surface area contributed by atoms with Gasteiger partial charge in [0.05, 0.1) is 12.3 Å². The summed E-state index contributed by atoms with van der Waals surface area (Å²) < 4.78 is 18.6. The number of aromatic nitrogens is 2. The van der Waals surface area contributed by atoms with Crippen molar-refractivity contribution < 1.29 is 18.5 Å². The second kappa shape index (κ2) is 9.07. The molecule has 0 unspecified atom stereocenters. The number of hydrogen-bond donors (Lipinski definition) is 2. The van der Waals surface area contributed by atoms with Crippen LogP contribution < -0.4 is 10.6 Å². The topological polar surface area (TPSA) is 97.1 Å². The molecule has 1 aliphatic rings. The van der Waals surface area contributed by atoms with Crippen LogP contribution in [0.5, 0.6) is 0 Å². The molecule has 2 N–H and O–H groups in total. The largest absolute Gasteiger partial charge is 0.359 e. The molecular weight excluding hydrogens is 399 g/mol. The lowest BCUT2D eigenvalue weighted by atomic mass is 10.0. The minimum Gasteiger partial charge on any atom is -0.359 e. The quantitative estimate of drug-likeness (QED) is 0.637. The summed E-state index contributed by atoms with van der Waals surface area (Å²) in [5.74, 6) is -0.306. The summed E-state index contributed by atoms with van der Waals surface area (Å²) in [5, 5.41) is 9.76. The van der Waals surface area contributed by atoms with Gasteiger partial charge in [-0.15, -0.1) is 0 Å². The minimum atomic E-state index is -0.348. The van der Waals surface area contributed by atoms with Gasteiger partial charge in [0.25, 0.3) is 0 Å². The number of amides is 2. The molecule has 31 heavy (non-hydrogen) atoms. The van der Waals surface area contributed by atoms with Gasteiger partial charge in [-0.25, -0.2) is 4.39 Å². The van der Waals surface area contributed by atoms with E-state index in [2.05, 4.69) is 20.8 Å². The molecule has 2 amide bonds. The zero-order valence-corrected chi connectivity index (χ0v) is 17.0. The summed E-state index contributed by atoms with van der Waals surface area (Å²) >= 11 is 0. The van der Waals surface area contributed by atoms with E-state index < -0.39 is 0 Å². The van der Waals surface area contributed by atoms with Gasteiger partial charge >= 0.3 is 0 Å². The standard InChI is InChI=1S/C23H23FN4O3/c1-25-22(30)16-12-18(23-27-21(28-31-23)15-5-3-2-4-6-15)19(13-16)26-20(29)11-14-7-9-17(24)10-8-14/h2-10,16,18-19H,11-13H2,1H3,(H,25,30)(H,26,29)/t16-,18-,19+/m1/s1. The molecule has 1 saturated carbocycles. The number of rotatable bonds is 6. The van der Waals surface area contributed by atoms with Gasteiger partial charge in [-0.3, -0.25) is 9.59 Å². The van der Waals surface area contributed by atoms with Crippen molar-refractivity contribution in [2.45, 2.75) is 31.2 Å². The number of carbonyl (C=O) groups is 2. The van der Waals surface area contributed by atoms with E-state index in [0.29, 0.717) is 30.1 Å². The molecule has 3 aromatic rings. The summed E-state index contributed by atoms with van der Waals surface area (Å²) in [7, 11) is 1.60. The zero-order chi connectivity index (χ0) is 21.8. The van der Waals surface area contributed by atoms with E-state index in [1.807, 2.05) is 30.3 Å². The summed E-state index contributed by atoms with van der Waals surface area (Å²) in [6.07, 6.45) is 1.09. The van der Waals surface area contributed by atoms with Gasteiger partial charge < -0.3 is 15.2 Å². The molecule has 3 atom stereocenters. The molecule has 2 aromatic carbocycles. The number of hydrogen-bond acceptors (Lipinski definition) is 5. The van der Waals surface area contributed by atoms with Crippen molar-refractivity contribution in [3.8, 4) is 11.4 Å². The van der Waals surface area contributed by atoms with Gasteiger partial charge in [-0.1, -0.05) is 47.6 Å². The maximum Gasteiger partial charge on any atom is 0.232 e. The van der Waals surface area contributed by atoms with E-state index >= 15 is 0 Å². The Morgan fingerprint density at radius 2 is 1.84 bits per heavy atom. The molecule has 1 heterocycles.